The second kappa shape index (κ2) is 4.67. The summed E-state index contributed by atoms with van der Waals surface area (Å²) in [7, 11) is 0. The highest BCUT2D eigenvalue weighted by molar-refractivity contribution is 9.10. The number of benzene rings is 1. The molecule has 1 fully saturated rings. The average Bonchev–Trinajstić information content (AvgIpc) is 2.69. The molecule has 0 unspecified atom stereocenters. The van der Waals surface area contributed by atoms with E-state index in [1.54, 1.807) is 12.1 Å². The molecule has 1 N–H and O–H groups in total. The molecule has 1 aliphatic carbocycles. The van der Waals surface area contributed by atoms with Gasteiger partial charge in [0.15, 0.2) is 0 Å². The number of halogens is 2. The summed E-state index contributed by atoms with van der Waals surface area (Å²) in [6, 6.07) is 3.46. The Morgan fingerprint density at radius 1 is 1.38 bits per heavy atom. The minimum absolute atomic E-state index is 0.264. The van der Waals surface area contributed by atoms with Crippen molar-refractivity contribution in [3.05, 3.63) is 28.0 Å². The monoisotopic (exact) mass is 304 g/mol. The van der Waals surface area contributed by atoms with Crippen LogP contribution in [0.1, 0.15) is 31.2 Å². The third-order valence-electron chi connectivity index (χ3n) is 3.16. The van der Waals surface area contributed by atoms with Crippen molar-refractivity contribution in [3.63, 3.8) is 0 Å². The van der Waals surface area contributed by atoms with E-state index in [1.807, 2.05) is 6.26 Å². The fraction of sp³-hybridized carbons (Fsp3) is 0.500. The van der Waals surface area contributed by atoms with E-state index >= 15 is 0 Å². The van der Waals surface area contributed by atoms with Gasteiger partial charge in [-0.2, -0.15) is 0 Å². The van der Waals surface area contributed by atoms with E-state index < -0.39 is 5.60 Å². The van der Waals surface area contributed by atoms with Gasteiger partial charge in [0, 0.05) is 14.9 Å². The third kappa shape index (κ3) is 2.15. The molecule has 0 aromatic heterocycles. The Bertz CT molecular complexity index is 402. The lowest BCUT2D eigenvalue weighted by Gasteiger charge is -2.24. The van der Waals surface area contributed by atoms with Crippen LogP contribution in [-0.4, -0.2) is 11.4 Å². The molecule has 0 heterocycles. The van der Waals surface area contributed by atoms with Gasteiger partial charge in [-0.3, -0.25) is 0 Å². The minimum Gasteiger partial charge on any atom is -0.385 e. The number of thioether (sulfide) groups is 1. The van der Waals surface area contributed by atoms with Crippen LogP contribution < -0.4 is 0 Å². The molecule has 88 valence electrons. The van der Waals surface area contributed by atoms with Crippen molar-refractivity contribution < 1.29 is 9.50 Å². The van der Waals surface area contributed by atoms with E-state index in [2.05, 4.69) is 15.9 Å². The van der Waals surface area contributed by atoms with Crippen LogP contribution in [0.5, 0.6) is 0 Å². The van der Waals surface area contributed by atoms with Gasteiger partial charge in [-0.15, -0.1) is 11.8 Å². The first-order valence-corrected chi connectivity index (χ1v) is 7.34. The van der Waals surface area contributed by atoms with Gasteiger partial charge in [0.1, 0.15) is 5.82 Å². The first-order valence-electron chi connectivity index (χ1n) is 5.33. The largest absolute Gasteiger partial charge is 0.385 e. The van der Waals surface area contributed by atoms with Gasteiger partial charge in [-0.05, 0) is 31.2 Å². The molecule has 1 saturated carbocycles. The van der Waals surface area contributed by atoms with Gasteiger partial charge >= 0.3 is 0 Å². The topological polar surface area (TPSA) is 20.2 Å². The number of hydrogen-bond acceptors (Lipinski definition) is 2. The quantitative estimate of drug-likeness (QED) is 0.831. The van der Waals surface area contributed by atoms with E-state index in [1.165, 1.54) is 11.8 Å². The van der Waals surface area contributed by atoms with Crippen LogP contribution in [0.25, 0.3) is 0 Å². The number of aliphatic hydroxyl groups is 1. The van der Waals surface area contributed by atoms with Crippen molar-refractivity contribution in [2.75, 3.05) is 6.26 Å². The average molecular weight is 305 g/mol. The summed E-state index contributed by atoms with van der Waals surface area (Å²) < 4.78 is 15.0. The van der Waals surface area contributed by atoms with Crippen molar-refractivity contribution in [3.8, 4) is 0 Å². The fourth-order valence-electron chi connectivity index (χ4n) is 2.28. The number of hydrogen-bond donors (Lipinski definition) is 1. The normalized spacial score (nSPS) is 19.0. The van der Waals surface area contributed by atoms with Crippen molar-refractivity contribution >= 4 is 27.7 Å². The summed E-state index contributed by atoms with van der Waals surface area (Å²) in [6.07, 6.45) is 5.10. The first-order chi connectivity index (χ1) is 7.57. The van der Waals surface area contributed by atoms with Gasteiger partial charge in [0.2, 0.25) is 0 Å². The Hall–Kier alpha value is -0.0600. The molecule has 0 saturated heterocycles. The molecular weight excluding hydrogens is 291 g/mol. The molecule has 0 aliphatic heterocycles. The second-order valence-electron chi connectivity index (χ2n) is 4.21. The van der Waals surface area contributed by atoms with E-state index in [0.717, 1.165) is 17.3 Å². The summed E-state index contributed by atoms with van der Waals surface area (Å²) >= 11 is 4.73. The highest BCUT2D eigenvalue weighted by atomic mass is 79.9. The summed E-state index contributed by atoms with van der Waals surface area (Å²) in [5.41, 5.74) is -0.512. The molecule has 16 heavy (non-hydrogen) atoms. The lowest BCUT2D eigenvalue weighted by Crippen LogP contribution is -2.22. The lowest BCUT2D eigenvalue weighted by molar-refractivity contribution is 0.0402. The highest BCUT2D eigenvalue weighted by Gasteiger charge is 2.36. The predicted octanol–water partition coefficient (Wildman–Crippen LogP) is 4.07. The maximum Gasteiger partial charge on any atom is 0.142 e. The summed E-state index contributed by atoms with van der Waals surface area (Å²) in [6.45, 7) is 0. The molecule has 2 rings (SSSR count). The van der Waals surface area contributed by atoms with E-state index in [-0.39, 0.29) is 5.82 Å². The van der Waals surface area contributed by atoms with Gasteiger partial charge in [-0.25, -0.2) is 4.39 Å². The van der Waals surface area contributed by atoms with Crippen LogP contribution in [0.2, 0.25) is 0 Å². The zero-order valence-corrected chi connectivity index (χ0v) is 11.5. The molecule has 0 spiro atoms. The Labute approximate surface area is 108 Å². The molecule has 1 aromatic carbocycles. The van der Waals surface area contributed by atoms with Crippen molar-refractivity contribution in [2.45, 2.75) is 36.2 Å². The van der Waals surface area contributed by atoms with Crippen LogP contribution in [0.15, 0.2) is 21.5 Å². The Balaban J connectivity index is 2.51. The standard InChI is InChI=1S/C12H14BrFOS/c1-16-10-7-8(13)6-9(11(10)14)12(15)4-2-3-5-12/h6-7,15H,2-5H2,1H3. The number of rotatable bonds is 2. The van der Waals surface area contributed by atoms with E-state index in [0.29, 0.717) is 23.3 Å². The predicted molar refractivity (Wildman–Crippen MR) is 68.2 cm³/mol. The first kappa shape index (κ1) is 12.4. The molecular formula is C12H14BrFOS. The van der Waals surface area contributed by atoms with Crippen LogP contribution >= 0.6 is 27.7 Å². The molecule has 4 heteroatoms. The van der Waals surface area contributed by atoms with Crippen molar-refractivity contribution in [1.82, 2.24) is 0 Å². The van der Waals surface area contributed by atoms with Crippen LogP contribution in [-0.2, 0) is 5.60 Å². The molecule has 0 radical (unpaired) electrons. The molecule has 1 aromatic rings. The third-order valence-corrected chi connectivity index (χ3v) is 4.35. The fourth-order valence-corrected chi connectivity index (χ4v) is 3.42. The van der Waals surface area contributed by atoms with Crippen LogP contribution in [0.3, 0.4) is 0 Å². The molecule has 0 amide bonds. The Morgan fingerprint density at radius 2 is 2.00 bits per heavy atom. The van der Waals surface area contributed by atoms with Crippen molar-refractivity contribution in [2.24, 2.45) is 0 Å². The maximum atomic E-state index is 14.1. The molecule has 1 nitrogen and oxygen atoms in total. The van der Waals surface area contributed by atoms with Gasteiger partial charge < -0.3 is 5.11 Å². The van der Waals surface area contributed by atoms with E-state index in [9.17, 15) is 9.50 Å². The van der Waals surface area contributed by atoms with Crippen LogP contribution in [0, 0.1) is 5.82 Å². The smallest absolute Gasteiger partial charge is 0.142 e. The molecule has 0 bridgehead atoms. The summed E-state index contributed by atoms with van der Waals surface area (Å²) in [4.78, 5) is 0.588. The maximum absolute atomic E-state index is 14.1. The molecule has 0 atom stereocenters. The zero-order chi connectivity index (χ0) is 11.8. The highest BCUT2D eigenvalue weighted by Crippen LogP contribution is 2.42. The van der Waals surface area contributed by atoms with E-state index in [4.69, 9.17) is 0 Å². The van der Waals surface area contributed by atoms with Gasteiger partial charge in [0.25, 0.3) is 0 Å². The SMILES string of the molecule is CSc1cc(Br)cc(C2(O)CCCC2)c1F. The lowest BCUT2D eigenvalue weighted by atomic mass is 9.92. The van der Waals surface area contributed by atoms with Crippen molar-refractivity contribution in [1.29, 1.82) is 0 Å². The second-order valence-corrected chi connectivity index (χ2v) is 5.97. The summed E-state index contributed by atoms with van der Waals surface area (Å²) in [5, 5.41) is 10.4. The van der Waals surface area contributed by atoms with Gasteiger partial charge in [-0.1, -0.05) is 28.8 Å². The zero-order valence-electron chi connectivity index (χ0n) is 9.09. The Kier molecular flexibility index (Phi) is 3.62. The molecule has 1 aliphatic rings. The van der Waals surface area contributed by atoms with Gasteiger partial charge in [0.05, 0.1) is 5.60 Å². The van der Waals surface area contributed by atoms with Crippen LogP contribution in [0.4, 0.5) is 4.39 Å². The Morgan fingerprint density at radius 3 is 2.56 bits per heavy atom. The minimum atomic E-state index is -0.960. The summed E-state index contributed by atoms with van der Waals surface area (Å²) in [5.74, 6) is -0.264.